The van der Waals surface area contributed by atoms with Crippen LogP contribution in [0.3, 0.4) is 0 Å². The van der Waals surface area contributed by atoms with Crippen LogP contribution in [0, 0.1) is 6.92 Å². The number of nitrogens with two attached hydrogens (primary N) is 1. The van der Waals surface area contributed by atoms with Crippen molar-refractivity contribution in [3.05, 3.63) is 23.8 Å². The molecule has 0 bridgehead atoms. The Morgan fingerprint density at radius 3 is 2.65 bits per heavy atom. The lowest BCUT2D eigenvalue weighted by atomic mass is 10.1. The Balaban J connectivity index is 2.82. The van der Waals surface area contributed by atoms with E-state index in [2.05, 4.69) is 17.5 Å². The Morgan fingerprint density at radius 1 is 1.47 bits per heavy atom. The van der Waals surface area contributed by atoms with Crippen LogP contribution < -0.4 is 16.0 Å². The van der Waals surface area contributed by atoms with Crippen LogP contribution in [-0.4, -0.2) is 25.0 Å². The first-order chi connectivity index (χ1) is 7.90. The summed E-state index contributed by atoms with van der Waals surface area (Å²) in [4.78, 5) is 13.7. The maximum Gasteiger partial charge on any atom is 0.231 e. The zero-order valence-corrected chi connectivity index (χ0v) is 11.1. The average Bonchev–Trinajstić information content (AvgIpc) is 2.19. The normalized spacial score (nSPS) is 9.82. The van der Waals surface area contributed by atoms with E-state index in [0.717, 1.165) is 16.9 Å². The van der Waals surface area contributed by atoms with Gasteiger partial charge < -0.3 is 16.0 Å². The van der Waals surface area contributed by atoms with Gasteiger partial charge in [0.05, 0.1) is 11.4 Å². The van der Waals surface area contributed by atoms with E-state index in [1.807, 2.05) is 44.1 Å². The largest absolute Gasteiger partial charge is 0.393 e. The zero-order valence-electron chi connectivity index (χ0n) is 10.3. The van der Waals surface area contributed by atoms with Crippen LogP contribution in [0.5, 0.6) is 0 Å². The number of nitrogens with zero attached hydrogens (tertiary/aromatic N) is 1. The second kappa shape index (κ2) is 5.63. The molecule has 0 saturated heterocycles. The average molecular weight is 251 g/mol. The van der Waals surface area contributed by atoms with Crippen LogP contribution in [0.2, 0.25) is 0 Å². The summed E-state index contributed by atoms with van der Waals surface area (Å²) in [5.41, 5.74) is 8.28. The fourth-order valence-corrected chi connectivity index (χ4v) is 1.66. The maximum absolute atomic E-state index is 11.5. The molecule has 1 aromatic rings. The second-order valence-electron chi connectivity index (χ2n) is 4.09. The molecule has 0 heterocycles. The molecule has 92 valence electrons. The monoisotopic (exact) mass is 251 g/mol. The topological polar surface area (TPSA) is 58.4 Å². The molecule has 1 rings (SSSR count). The van der Waals surface area contributed by atoms with Crippen LogP contribution in [0.4, 0.5) is 11.4 Å². The molecule has 0 radical (unpaired) electrons. The summed E-state index contributed by atoms with van der Waals surface area (Å²) in [5.74, 6) is -0.189. The summed E-state index contributed by atoms with van der Waals surface area (Å²) < 4.78 is 0. The van der Waals surface area contributed by atoms with Gasteiger partial charge in [-0.25, -0.2) is 0 Å². The number of nitrogens with one attached hydrogen (secondary N) is 1. The van der Waals surface area contributed by atoms with Gasteiger partial charge in [0.25, 0.3) is 0 Å². The molecule has 17 heavy (non-hydrogen) atoms. The molecule has 0 fully saturated rings. The Hall–Kier alpha value is -1.62. The third kappa shape index (κ3) is 4.03. The van der Waals surface area contributed by atoms with Crippen molar-refractivity contribution in [2.24, 2.45) is 5.73 Å². The number of benzene rings is 1. The van der Waals surface area contributed by atoms with E-state index >= 15 is 0 Å². The fraction of sp³-hybridized carbons (Fsp3) is 0.333. The summed E-state index contributed by atoms with van der Waals surface area (Å²) in [6.45, 7) is 2.02. The second-order valence-corrected chi connectivity index (χ2v) is 4.61. The van der Waals surface area contributed by atoms with Gasteiger partial charge >= 0.3 is 0 Å². The highest BCUT2D eigenvalue weighted by Gasteiger charge is 2.06. The van der Waals surface area contributed by atoms with E-state index in [1.165, 1.54) is 0 Å². The Bertz CT molecular complexity index is 443. The molecule has 0 spiro atoms. The highest BCUT2D eigenvalue weighted by atomic mass is 32.1. The van der Waals surface area contributed by atoms with E-state index in [1.54, 1.807) is 0 Å². The van der Waals surface area contributed by atoms with Gasteiger partial charge in [-0.2, -0.15) is 0 Å². The van der Waals surface area contributed by atoms with Crippen molar-refractivity contribution < 1.29 is 4.79 Å². The summed E-state index contributed by atoms with van der Waals surface area (Å²) in [7, 11) is 3.92. The van der Waals surface area contributed by atoms with Gasteiger partial charge in [-0.1, -0.05) is 18.3 Å². The molecule has 0 aliphatic rings. The van der Waals surface area contributed by atoms with Gasteiger partial charge in [0.1, 0.15) is 0 Å². The summed E-state index contributed by atoms with van der Waals surface area (Å²) >= 11 is 4.68. The summed E-state index contributed by atoms with van der Waals surface area (Å²) in [5, 5.41) is 2.76. The van der Waals surface area contributed by atoms with Crippen molar-refractivity contribution in [2.45, 2.75) is 13.3 Å². The number of amides is 1. The number of thiocarbonyl (C=S) groups is 1. The molecule has 3 N–H and O–H groups in total. The number of carbonyl (C=O) groups is 1. The maximum atomic E-state index is 11.5. The first-order valence-corrected chi connectivity index (χ1v) is 5.67. The van der Waals surface area contributed by atoms with Crippen molar-refractivity contribution >= 4 is 34.5 Å². The van der Waals surface area contributed by atoms with Crippen molar-refractivity contribution in [2.75, 3.05) is 24.3 Å². The van der Waals surface area contributed by atoms with Crippen LogP contribution in [-0.2, 0) is 4.79 Å². The molecule has 0 aliphatic carbocycles. The standard InChI is InChI=1S/C12H17N3OS/c1-8-4-5-9(6-10(8)15(2)3)14-12(16)7-11(13)17/h4-6H,7H2,1-3H3,(H2,13,17)(H,14,16). The van der Waals surface area contributed by atoms with Gasteiger partial charge in [-0.15, -0.1) is 0 Å². The number of rotatable bonds is 4. The molecular weight excluding hydrogens is 234 g/mol. The van der Waals surface area contributed by atoms with E-state index in [9.17, 15) is 4.79 Å². The number of anilines is 2. The minimum absolute atomic E-state index is 0.0699. The molecular formula is C12H17N3OS. The fourth-order valence-electron chi connectivity index (χ4n) is 1.53. The molecule has 0 unspecified atom stereocenters. The number of hydrogen-bond donors (Lipinski definition) is 2. The highest BCUT2D eigenvalue weighted by molar-refractivity contribution is 7.80. The minimum Gasteiger partial charge on any atom is -0.393 e. The first-order valence-electron chi connectivity index (χ1n) is 5.26. The molecule has 0 aliphatic heterocycles. The SMILES string of the molecule is Cc1ccc(NC(=O)CC(N)=S)cc1N(C)C. The molecule has 5 heteroatoms. The zero-order chi connectivity index (χ0) is 13.0. The van der Waals surface area contributed by atoms with Crippen molar-refractivity contribution in [1.29, 1.82) is 0 Å². The number of hydrogen-bond acceptors (Lipinski definition) is 3. The van der Waals surface area contributed by atoms with E-state index in [-0.39, 0.29) is 17.3 Å². The van der Waals surface area contributed by atoms with Crippen LogP contribution in [0.25, 0.3) is 0 Å². The third-order valence-corrected chi connectivity index (χ3v) is 2.45. The van der Waals surface area contributed by atoms with Crippen LogP contribution in [0.15, 0.2) is 18.2 Å². The van der Waals surface area contributed by atoms with Gasteiger partial charge in [0.2, 0.25) is 5.91 Å². The molecule has 1 aromatic carbocycles. The van der Waals surface area contributed by atoms with Gasteiger partial charge in [-0.05, 0) is 24.6 Å². The minimum atomic E-state index is -0.189. The smallest absolute Gasteiger partial charge is 0.231 e. The predicted octanol–water partition coefficient (Wildman–Crippen LogP) is 1.68. The van der Waals surface area contributed by atoms with Gasteiger partial charge in [-0.3, -0.25) is 4.79 Å². The number of aryl methyl sites for hydroxylation is 1. The van der Waals surface area contributed by atoms with Crippen molar-refractivity contribution in [3.63, 3.8) is 0 Å². The summed E-state index contributed by atoms with van der Waals surface area (Å²) in [6.07, 6.45) is 0.0699. The lowest BCUT2D eigenvalue weighted by Crippen LogP contribution is -2.20. The van der Waals surface area contributed by atoms with Crippen LogP contribution >= 0.6 is 12.2 Å². The molecule has 0 atom stereocenters. The molecule has 0 aromatic heterocycles. The Labute approximate surface area is 107 Å². The lowest BCUT2D eigenvalue weighted by molar-refractivity contribution is -0.115. The van der Waals surface area contributed by atoms with Crippen molar-refractivity contribution in [1.82, 2.24) is 0 Å². The summed E-state index contributed by atoms with van der Waals surface area (Å²) in [6, 6.07) is 5.75. The Morgan fingerprint density at radius 2 is 2.12 bits per heavy atom. The van der Waals surface area contributed by atoms with Gasteiger partial charge in [0.15, 0.2) is 0 Å². The quantitative estimate of drug-likeness (QED) is 0.799. The van der Waals surface area contributed by atoms with Crippen LogP contribution in [0.1, 0.15) is 12.0 Å². The van der Waals surface area contributed by atoms with E-state index in [0.29, 0.717) is 0 Å². The molecule has 1 amide bonds. The van der Waals surface area contributed by atoms with E-state index < -0.39 is 0 Å². The molecule has 4 nitrogen and oxygen atoms in total. The number of carbonyl (C=O) groups excluding carboxylic acids is 1. The van der Waals surface area contributed by atoms with E-state index in [4.69, 9.17) is 5.73 Å². The van der Waals surface area contributed by atoms with Crippen molar-refractivity contribution in [3.8, 4) is 0 Å². The first kappa shape index (κ1) is 13.4. The Kier molecular flexibility index (Phi) is 4.45. The molecule has 0 saturated carbocycles. The van der Waals surface area contributed by atoms with Gasteiger partial charge in [0, 0.05) is 25.5 Å². The predicted molar refractivity (Wildman–Crippen MR) is 75.5 cm³/mol. The third-order valence-electron chi connectivity index (χ3n) is 2.31. The lowest BCUT2D eigenvalue weighted by Gasteiger charge is -2.17. The highest BCUT2D eigenvalue weighted by Crippen LogP contribution is 2.22.